The number of nitrogens with zero attached hydrogens (tertiary/aromatic N) is 6. The van der Waals surface area contributed by atoms with Crippen LogP contribution >= 0.6 is 0 Å². The van der Waals surface area contributed by atoms with E-state index < -0.39 is 0 Å². The zero-order valence-electron chi connectivity index (χ0n) is 17.8. The van der Waals surface area contributed by atoms with Gasteiger partial charge in [0, 0.05) is 25.4 Å². The van der Waals surface area contributed by atoms with Gasteiger partial charge in [0.15, 0.2) is 11.6 Å². The van der Waals surface area contributed by atoms with Crippen LogP contribution in [0.5, 0.6) is 5.75 Å². The Morgan fingerprint density at radius 2 is 2.03 bits per heavy atom. The SMILES string of the molecule is C/C(=N\c1nc(-c2ncc(-n3cc(C)cn3)cc2O)[nH]c1C)N(C)C1CCNCC1. The quantitative estimate of drug-likeness (QED) is 0.453. The van der Waals surface area contributed by atoms with Crippen LogP contribution in [0.3, 0.4) is 0 Å². The van der Waals surface area contributed by atoms with Crippen molar-refractivity contribution >= 4 is 11.7 Å². The molecule has 1 aliphatic rings. The average Bonchev–Trinajstić information content (AvgIpc) is 3.33. The first kappa shape index (κ1) is 20.1. The number of nitrogens with one attached hydrogen (secondary N) is 2. The summed E-state index contributed by atoms with van der Waals surface area (Å²) >= 11 is 0. The van der Waals surface area contributed by atoms with Crippen molar-refractivity contribution in [2.24, 2.45) is 4.99 Å². The number of H-pyrrole nitrogens is 1. The number of aromatic nitrogens is 5. The van der Waals surface area contributed by atoms with Crippen molar-refractivity contribution in [1.29, 1.82) is 0 Å². The molecule has 4 heterocycles. The van der Waals surface area contributed by atoms with E-state index in [9.17, 15) is 5.11 Å². The highest BCUT2D eigenvalue weighted by Gasteiger charge is 2.20. The van der Waals surface area contributed by atoms with E-state index >= 15 is 0 Å². The number of piperidine rings is 1. The van der Waals surface area contributed by atoms with Crippen molar-refractivity contribution in [2.45, 2.75) is 39.7 Å². The van der Waals surface area contributed by atoms with Crippen LogP contribution in [0.1, 0.15) is 31.0 Å². The second-order valence-corrected chi connectivity index (χ2v) is 7.81. The van der Waals surface area contributed by atoms with Crippen molar-refractivity contribution in [1.82, 2.24) is 34.9 Å². The maximum absolute atomic E-state index is 10.5. The third kappa shape index (κ3) is 4.06. The number of aliphatic imine (C=N–C) groups is 1. The van der Waals surface area contributed by atoms with Crippen molar-refractivity contribution in [3.8, 4) is 23.0 Å². The summed E-state index contributed by atoms with van der Waals surface area (Å²) in [6.45, 7) is 7.96. The maximum Gasteiger partial charge on any atom is 0.175 e. The Bertz CT molecular complexity index is 1060. The van der Waals surface area contributed by atoms with E-state index in [4.69, 9.17) is 4.99 Å². The zero-order valence-corrected chi connectivity index (χ0v) is 17.8. The molecule has 4 rings (SSSR count). The molecule has 9 heteroatoms. The second-order valence-electron chi connectivity index (χ2n) is 7.81. The molecule has 0 spiro atoms. The summed E-state index contributed by atoms with van der Waals surface area (Å²) in [5.41, 5.74) is 2.94. The standard InChI is InChI=1S/C21H28N8O/c1-13-10-24-29(12-13)17-9-18(30)19(23-11-17)21-25-14(2)20(27-21)26-15(3)28(4)16-5-7-22-8-6-16/h9-12,16,22,30H,5-8H2,1-4H3,(H,25,27)/b26-15+. The fourth-order valence-electron chi connectivity index (χ4n) is 3.67. The first-order chi connectivity index (χ1) is 14.4. The van der Waals surface area contributed by atoms with Gasteiger partial charge in [-0.25, -0.2) is 19.6 Å². The molecule has 1 aliphatic heterocycles. The van der Waals surface area contributed by atoms with Crippen LogP contribution in [0, 0.1) is 13.8 Å². The molecule has 0 aliphatic carbocycles. The van der Waals surface area contributed by atoms with Crippen LogP contribution in [-0.4, -0.2) is 66.8 Å². The van der Waals surface area contributed by atoms with Gasteiger partial charge in [0.1, 0.15) is 17.3 Å². The first-order valence-electron chi connectivity index (χ1n) is 10.2. The van der Waals surface area contributed by atoms with Crippen LogP contribution < -0.4 is 5.32 Å². The molecular weight excluding hydrogens is 380 g/mol. The molecule has 0 atom stereocenters. The van der Waals surface area contributed by atoms with E-state index in [1.165, 1.54) is 0 Å². The third-order valence-electron chi connectivity index (χ3n) is 5.55. The van der Waals surface area contributed by atoms with Crippen molar-refractivity contribution in [3.63, 3.8) is 0 Å². The summed E-state index contributed by atoms with van der Waals surface area (Å²) in [6.07, 6.45) is 7.51. The Kier molecular flexibility index (Phi) is 5.54. The van der Waals surface area contributed by atoms with Crippen LogP contribution in [0.15, 0.2) is 29.6 Å². The fourth-order valence-corrected chi connectivity index (χ4v) is 3.67. The van der Waals surface area contributed by atoms with Gasteiger partial charge in [-0.15, -0.1) is 0 Å². The normalized spacial score (nSPS) is 15.5. The van der Waals surface area contributed by atoms with Crippen LogP contribution in [0.25, 0.3) is 17.2 Å². The predicted octanol–water partition coefficient (Wildman–Crippen LogP) is 2.71. The minimum absolute atomic E-state index is 0.0356. The van der Waals surface area contributed by atoms with Gasteiger partial charge in [0.05, 0.1) is 23.8 Å². The molecule has 3 N–H and O–H groups in total. The molecule has 0 bridgehead atoms. The van der Waals surface area contributed by atoms with Gasteiger partial charge in [0.25, 0.3) is 0 Å². The summed E-state index contributed by atoms with van der Waals surface area (Å²) in [5, 5.41) is 18.2. The molecule has 9 nitrogen and oxygen atoms in total. The maximum atomic E-state index is 10.5. The Labute approximate surface area is 175 Å². The third-order valence-corrected chi connectivity index (χ3v) is 5.55. The Morgan fingerprint density at radius 3 is 2.70 bits per heavy atom. The fraction of sp³-hybridized carbons (Fsp3) is 0.429. The average molecular weight is 409 g/mol. The lowest BCUT2D eigenvalue weighted by Gasteiger charge is -2.32. The number of rotatable bonds is 4. The minimum Gasteiger partial charge on any atom is -0.505 e. The van der Waals surface area contributed by atoms with Gasteiger partial charge < -0.3 is 20.3 Å². The van der Waals surface area contributed by atoms with Crippen LogP contribution in [-0.2, 0) is 0 Å². The van der Waals surface area contributed by atoms with Gasteiger partial charge in [0.2, 0.25) is 0 Å². The Morgan fingerprint density at radius 1 is 1.27 bits per heavy atom. The van der Waals surface area contributed by atoms with E-state index in [1.807, 2.05) is 27.0 Å². The lowest BCUT2D eigenvalue weighted by molar-refractivity contribution is 0.288. The van der Waals surface area contributed by atoms with E-state index in [-0.39, 0.29) is 5.75 Å². The number of aromatic amines is 1. The number of pyridine rings is 1. The van der Waals surface area contributed by atoms with Crippen molar-refractivity contribution in [2.75, 3.05) is 20.1 Å². The molecule has 30 heavy (non-hydrogen) atoms. The highest BCUT2D eigenvalue weighted by atomic mass is 16.3. The first-order valence-corrected chi connectivity index (χ1v) is 10.2. The molecule has 3 aromatic rings. The molecule has 0 aromatic carbocycles. The number of aryl methyl sites for hydroxylation is 2. The molecule has 0 amide bonds. The molecule has 3 aromatic heterocycles. The van der Waals surface area contributed by atoms with Gasteiger partial charge in [-0.1, -0.05) is 0 Å². The van der Waals surface area contributed by atoms with Gasteiger partial charge in [-0.2, -0.15) is 5.10 Å². The van der Waals surface area contributed by atoms with E-state index in [0.29, 0.717) is 29.1 Å². The minimum atomic E-state index is 0.0356. The molecule has 158 valence electrons. The lowest BCUT2D eigenvalue weighted by Crippen LogP contribution is -2.43. The van der Waals surface area contributed by atoms with E-state index in [1.54, 1.807) is 23.1 Å². The number of aromatic hydroxyl groups is 1. The van der Waals surface area contributed by atoms with Gasteiger partial charge in [-0.05, 0) is 52.3 Å². The monoisotopic (exact) mass is 408 g/mol. The molecule has 0 radical (unpaired) electrons. The smallest absolute Gasteiger partial charge is 0.175 e. The van der Waals surface area contributed by atoms with Crippen LogP contribution in [0.2, 0.25) is 0 Å². The number of hydrogen-bond donors (Lipinski definition) is 3. The van der Waals surface area contributed by atoms with Gasteiger partial charge >= 0.3 is 0 Å². The molecule has 1 saturated heterocycles. The topological polar surface area (TPSA) is 107 Å². The van der Waals surface area contributed by atoms with Crippen molar-refractivity contribution in [3.05, 3.63) is 35.9 Å². The zero-order chi connectivity index (χ0) is 21.3. The molecule has 0 saturated carbocycles. The molecule has 0 unspecified atom stereocenters. The highest BCUT2D eigenvalue weighted by molar-refractivity contribution is 5.82. The second kappa shape index (κ2) is 8.27. The number of amidine groups is 1. The summed E-state index contributed by atoms with van der Waals surface area (Å²) in [6, 6.07) is 2.11. The van der Waals surface area contributed by atoms with Crippen LogP contribution in [0.4, 0.5) is 5.82 Å². The van der Waals surface area contributed by atoms with Gasteiger partial charge in [-0.3, -0.25) is 0 Å². The lowest BCUT2D eigenvalue weighted by atomic mass is 10.1. The summed E-state index contributed by atoms with van der Waals surface area (Å²) < 4.78 is 1.68. The largest absolute Gasteiger partial charge is 0.505 e. The van der Waals surface area contributed by atoms with E-state index in [2.05, 4.69) is 37.3 Å². The summed E-state index contributed by atoms with van der Waals surface area (Å²) in [5.74, 6) is 2.05. The Balaban J connectivity index is 1.57. The Hall–Kier alpha value is -3.20. The predicted molar refractivity (Wildman–Crippen MR) is 117 cm³/mol. The molecule has 1 fully saturated rings. The molecular formula is C21H28N8O. The number of imidazole rings is 1. The van der Waals surface area contributed by atoms with E-state index in [0.717, 1.165) is 43.0 Å². The summed E-state index contributed by atoms with van der Waals surface area (Å²) in [7, 11) is 2.08. The van der Waals surface area contributed by atoms with Crippen molar-refractivity contribution < 1.29 is 5.11 Å². The summed E-state index contributed by atoms with van der Waals surface area (Å²) in [4.78, 5) is 19.2. The number of hydrogen-bond acceptors (Lipinski definition) is 6. The highest BCUT2D eigenvalue weighted by Crippen LogP contribution is 2.29.